The first-order chi connectivity index (χ1) is 10.1. The molecule has 21 heavy (non-hydrogen) atoms. The number of nitrogens with one attached hydrogen (secondary N) is 1. The number of hydrogen-bond acceptors (Lipinski definition) is 3. The zero-order valence-electron chi connectivity index (χ0n) is 13.1. The van der Waals surface area contributed by atoms with Crippen LogP contribution in [0.3, 0.4) is 0 Å². The van der Waals surface area contributed by atoms with Crippen LogP contribution in [0.15, 0.2) is 35.7 Å². The first-order valence-electron chi connectivity index (χ1n) is 7.54. The lowest BCUT2D eigenvalue weighted by Crippen LogP contribution is -2.29. The van der Waals surface area contributed by atoms with Gasteiger partial charge in [0.1, 0.15) is 0 Å². The topological polar surface area (TPSA) is 32.3 Å². The molecule has 3 heteroatoms. The lowest BCUT2D eigenvalue weighted by atomic mass is 9.96. The van der Waals surface area contributed by atoms with Gasteiger partial charge in [0.25, 0.3) is 0 Å². The molecule has 2 aromatic rings. The van der Waals surface area contributed by atoms with Gasteiger partial charge in [0.2, 0.25) is 0 Å². The Morgan fingerprint density at radius 1 is 1.14 bits per heavy atom. The van der Waals surface area contributed by atoms with E-state index in [1.807, 2.05) is 0 Å². The van der Waals surface area contributed by atoms with Crippen LogP contribution in [-0.2, 0) is 6.42 Å². The number of aryl methyl sites for hydroxylation is 2. The second-order valence-corrected chi connectivity index (χ2v) is 6.72. The molecular weight excluding hydrogens is 278 g/mol. The van der Waals surface area contributed by atoms with Crippen molar-refractivity contribution in [3.05, 3.63) is 57.3 Å². The van der Waals surface area contributed by atoms with E-state index in [1.54, 1.807) is 11.3 Å². The average molecular weight is 303 g/mol. The van der Waals surface area contributed by atoms with E-state index in [0.29, 0.717) is 6.04 Å². The van der Waals surface area contributed by atoms with Crippen LogP contribution in [0.2, 0.25) is 0 Å². The number of thiophene rings is 1. The molecule has 0 amide bonds. The first kappa shape index (κ1) is 16.2. The van der Waals surface area contributed by atoms with Crippen LogP contribution in [0.1, 0.15) is 34.5 Å². The van der Waals surface area contributed by atoms with Gasteiger partial charge in [-0.05, 0) is 61.2 Å². The van der Waals surface area contributed by atoms with Crippen LogP contribution in [0.5, 0.6) is 0 Å². The molecule has 0 saturated carbocycles. The predicted molar refractivity (Wildman–Crippen MR) is 90.9 cm³/mol. The molecule has 0 saturated heterocycles. The second kappa shape index (κ2) is 7.74. The molecule has 1 aromatic carbocycles. The summed E-state index contributed by atoms with van der Waals surface area (Å²) < 4.78 is 0. The summed E-state index contributed by atoms with van der Waals surface area (Å²) in [6.07, 6.45) is 0.923. The van der Waals surface area contributed by atoms with Crippen LogP contribution in [0.4, 0.5) is 0 Å². The van der Waals surface area contributed by atoms with Crippen LogP contribution in [0.25, 0.3) is 0 Å². The van der Waals surface area contributed by atoms with Crippen LogP contribution in [0, 0.1) is 19.8 Å². The van der Waals surface area contributed by atoms with E-state index in [-0.39, 0.29) is 12.5 Å². The van der Waals surface area contributed by atoms with Gasteiger partial charge >= 0.3 is 0 Å². The molecule has 114 valence electrons. The molecular formula is C18H25NOS. The summed E-state index contributed by atoms with van der Waals surface area (Å²) in [4.78, 5) is 1.39. The molecule has 0 radical (unpaired) electrons. The van der Waals surface area contributed by atoms with Gasteiger partial charge in [0, 0.05) is 24.1 Å². The van der Waals surface area contributed by atoms with Crippen molar-refractivity contribution in [3.8, 4) is 0 Å². The average Bonchev–Trinajstić information content (AvgIpc) is 2.91. The Labute approximate surface area is 131 Å². The zero-order chi connectivity index (χ0) is 15.2. The van der Waals surface area contributed by atoms with Crippen molar-refractivity contribution < 1.29 is 5.11 Å². The highest BCUT2D eigenvalue weighted by atomic mass is 32.1. The molecule has 0 spiro atoms. The normalized spacial score (nSPS) is 14.1. The van der Waals surface area contributed by atoms with E-state index in [1.165, 1.54) is 21.6 Å². The van der Waals surface area contributed by atoms with Crippen molar-refractivity contribution in [1.82, 2.24) is 5.32 Å². The van der Waals surface area contributed by atoms with E-state index in [0.717, 1.165) is 13.0 Å². The van der Waals surface area contributed by atoms with Crippen molar-refractivity contribution >= 4 is 11.3 Å². The molecule has 0 aliphatic rings. The van der Waals surface area contributed by atoms with Crippen molar-refractivity contribution in [3.63, 3.8) is 0 Å². The highest BCUT2D eigenvalue weighted by molar-refractivity contribution is 7.10. The van der Waals surface area contributed by atoms with E-state index >= 15 is 0 Å². The summed E-state index contributed by atoms with van der Waals surface area (Å²) in [6, 6.07) is 10.9. The monoisotopic (exact) mass is 303 g/mol. The van der Waals surface area contributed by atoms with Gasteiger partial charge in [-0.2, -0.15) is 0 Å². The van der Waals surface area contributed by atoms with Crippen molar-refractivity contribution in [2.45, 2.75) is 33.2 Å². The number of aliphatic hydroxyl groups is 1. The molecule has 2 rings (SSSR count). The number of benzene rings is 1. The molecule has 1 aromatic heterocycles. The van der Waals surface area contributed by atoms with Crippen molar-refractivity contribution in [2.24, 2.45) is 5.92 Å². The third-order valence-corrected chi connectivity index (χ3v) is 5.24. The van der Waals surface area contributed by atoms with Crippen molar-refractivity contribution in [2.75, 3.05) is 13.2 Å². The zero-order valence-corrected chi connectivity index (χ0v) is 13.9. The highest BCUT2D eigenvalue weighted by Gasteiger charge is 2.14. The van der Waals surface area contributed by atoms with Gasteiger partial charge < -0.3 is 10.4 Å². The van der Waals surface area contributed by atoms with E-state index in [2.05, 4.69) is 61.8 Å². The SMILES string of the molecule is Cc1ccccc1CC(CO)CNC(C)c1sccc1C. The third-order valence-electron chi connectivity index (χ3n) is 4.04. The molecule has 0 aliphatic carbocycles. The summed E-state index contributed by atoms with van der Waals surface area (Å²) in [6.45, 7) is 7.54. The second-order valence-electron chi connectivity index (χ2n) is 5.78. The summed E-state index contributed by atoms with van der Waals surface area (Å²) >= 11 is 1.80. The molecule has 0 aliphatic heterocycles. The lowest BCUT2D eigenvalue weighted by Gasteiger charge is -2.20. The number of rotatable bonds is 7. The summed E-state index contributed by atoms with van der Waals surface area (Å²) in [7, 11) is 0. The van der Waals surface area contributed by atoms with Crippen LogP contribution >= 0.6 is 11.3 Å². The van der Waals surface area contributed by atoms with Gasteiger partial charge in [-0.25, -0.2) is 0 Å². The maximum Gasteiger partial charge on any atom is 0.0474 e. The van der Waals surface area contributed by atoms with E-state index in [9.17, 15) is 5.11 Å². The van der Waals surface area contributed by atoms with Crippen LogP contribution in [-0.4, -0.2) is 18.3 Å². The maximum atomic E-state index is 9.64. The fraction of sp³-hybridized carbons (Fsp3) is 0.444. The Bertz CT molecular complexity index is 564. The number of hydrogen-bond donors (Lipinski definition) is 2. The van der Waals surface area contributed by atoms with Gasteiger partial charge in [0.15, 0.2) is 0 Å². The summed E-state index contributed by atoms with van der Waals surface area (Å²) in [5, 5.41) is 15.3. The van der Waals surface area contributed by atoms with Crippen molar-refractivity contribution in [1.29, 1.82) is 0 Å². The molecule has 2 unspecified atom stereocenters. The molecule has 1 heterocycles. The van der Waals surface area contributed by atoms with Gasteiger partial charge in [-0.3, -0.25) is 0 Å². The maximum absolute atomic E-state index is 9.64. The Morgan fingerprint density at radius 2 is 1.90 bits per heavy atom. The molecule has 0 bridgehead atoms. The predicted octanol–water partition coefficient (Wildman–Crippen LogP) is 3.87. The number of aliphatic hydroxyl groups excluding tert-OH is 1. The smallest absolute Gasteiger partial charge is 0.0474 e. The summed E-state index contributed by atoms with van der Waals surface area (Å²) in [5.74, 6) is 0.258. The van der Waals surface area contributed by atoms with Gasteiger partial charge in [-0.1, -0.05) is 24.3 Å². The van der Waals surface area contributed by atoms with E-state index < -0.39 is 0 Å². The van der Waals surface area contributed by atoms with Gasteiger partial charge in [-0.15, -0.1) is 11.3 Å². The molecule has 2 nitrogen and oxygen atoms in total. The highest BCUT2D eigenvalue weighted by Crippen LogP contribution is 2.23. The third kappa shape index (κ3) is 4.40. The Balaban J connectivity index is 1.91. The molecule has 2 N–H and O–H groups in total. The minimum Gasteiger partial charge on any atom is -0.396 e. The fourth-order valence-corrected chi connectivity index (χ4v) is 3.58. The molecule has 0 fully saturated rings. The standard InChI is InChI=1S/C18H25NOS/c1-13-6-4-5-7-17(13)10-16(12-20)11-19-15(3)18-14(2)8-9-21-18/h4-9,15-16,19-20H,10-12H2,1-3H3. The lowest BCUT2D eigenvalue weighted by molar-refractivity contribution is 0.219. The largest absolute Gasteiger partial charge is 0.396 e. The fourth-order valence-electron chi connectivity index (χ4n) is 2.62. The quantitative estimate of drug-likeness (QED) is 0.814. The van der Waals surface area contributed by atoms with Crippen LogP contribution < -0.4 is 5.32 Å². The minimum atomic E-state index is 0.220. The Morgan fingerprint density at radius 3 is 2.52 bits per heavy atom. The first-order valence-corrected chi connectivity index (χ1v) is 8.42. The Kier molecular flexibility index (Phi) is 5.97. The minimum absolute atomic E-state index is 0.220. The molecule has 2 atom stereocenters. The van der Waals surface area contributed by atoms with Gasteiger partial charge in [0.05, 0.1) is 0 Å². The Hall–Kier alpha value is -1.16. The van der Waals surface area contributed by atoms with E-state index in [4.69, 9.17) is 0 Å². The summed E-state index contributed by atoms with van der Waals surface area (Å²) in [5.41, 5.74) is 3.98.